The summed E-state index contributed by atoms with van der Waals surface area (Å²) in [6, 6.07) is 1.70. The van der Waals surface area contributed by atoms with Crippen LogP contribution in [0.5, 0.6) is 0 Å². The fourth-order valence-electron chi connectivity index (χ4n) is 2.42. The van der Waals surface area contributed by atoms with E-state index in [-0.39, 0.29) is 11.7 Å². The number of pyridine rings is 1. The Labute approximate surface area is 150 Å². The maximum Gasteiger partial charge on any atom is 0.407 e. The number of amides is 1. The van der Waals surface area contributed by atoms with E-state index < -0.39 is 6.09 Å². The van der Waals surface area contributed by atoms with E-state index in [1.54, 1.807) is 16.8 Å². The van der Waals surface area contributed by atoms with Crippen molar-refractivity contribution in [2.24, 2.45) is 0 Å². The standard InChI is InChI=1S/C14H15BrN4O4S/c1-24-13-16-5-8-4-10(15)12(20)19(11(8)17-13)2-3-23-9-6-18(7-9)14(21)22/h4-5,9H,2-3,6-7H2,1H3,(H,21,22). The Morgan fingerprint density at radius 3 is 2.96 bits per heavy atom. The van der Waals surface area contributed by atoms with Crippen LogP contribution in [-0.2, 0) is 11.3 Å². The summed E-state index contributed by atoms with van der Waals surface area (Å²) in [7, 11) is 0. The van der Waals surface area contributed by atoms with Crippen molar-refractivity contribution in [1.29, 1.82) is 0 Å². The molecule has 0 aliphatic carbocycles. The Hall–Kier alpha value is -1.65. The van der Waals surface area contributed by atoms with Crippen molar-refractivity contribution in [3.8, 4) is 0 Å². The number of hydrogen-bond acceptors (Lipinski definition) is 6. The van der Waals surface area contributed by atoms with Crippen LogP contribution in [0.3, 0.4) is 0 Å². The molecule has 1 N–H and O–H groups in total. The molecule has 1 fully saturated rings. The maximum atomic E-state index is 12.4. The SMILES string of the molecule is CSc1ncc2cc(Br)c(=O)n(CCOC3CN(C(=O)O)C3)c2n1. The normalized spacial score (nSPS) is 14.8. The van der Waals surface area contributed by atoms with E-state index >= 15 is 0 Å². The summed E-state index contributed by atoms with van der Waals surface area (Å²) < 4.78 is 7.62. The average molecular weight is 415 g/mol. The lowest BCUT2D eigenvalue weighted by Gasteiger charge is -2.36. The first-order valence-corrected chi connectivity index (χ1v) is 9.21. The summed E-state index contributed by atoms with van der Waals surface area (Å²) in [6.45, 7) is 1.37. The first-order valence-electron chi connectivity index (χ1n) is 7.19. The van der Waals surface area contributed by atoms with Gasteiger partial charge >= 0.3 is 6.09 Å². The van der Waals surface area contributed by atoms with Gasteiger partial charge in [0.15, 0.2) is 5.16 Å². The average Bonchev–Trinajstić information content (AvgIpc) is 2.52. The molecule has 0 atom stereocenters. The summed E-state index contributed by atoms with van der Waals surface area (Å²) in [4.78, 5) is 33.0. The third kappa shape index (κ3) is 3.40. The third-order valence-corrected chi connectivity index (χ3v) is 4.86. The molecule has 1 amide bonds. The van der Waals surface area contributed by atoms with Crippen molar-refractivity contribution in [3.05, 3.63) is 27.1 Å². The van der Waals surface area contributed by atoms with E-state index in [9.17, 15) is 9.59 Å². The van der Waals surface area contributed by atoms with E-state index in [1.807, 2.05) is 6.26 Å². The lowest BCUT2D eigenvalue weighted by Crippen LogP contribution is -2.54. The van der Waals surface area contributed by atoms with Crippen molar-refractivity contribution in [2.45, 2.75) is 17.8 Å². The van der Waals surface area contributed by atoms with Crippen LogP contribution in [0.4, 0.5) is 4.79 Å². The topological polar surface area (TPSA) is 97.6 Å². The molecule has 8 nitrogen and oxygen atoms in total. The van der Waals surface area contributed by atoms with E-state index in [2.05, 4.69) is 25.9 Å². The van der Waals surface area contributed by atoms with Gasteiger partial charge in [0.1, 0.15) is 5.65 Å². The van der Waals surface area contributed by atoms with Crippen LogP contribution in [0, 0.1) is 0 Å². The van der Waals surface area contributed by atoms with Crippen LogP contribution in [0.1, 0.15) is 0 Å². The molecule has 10 heteroatoms. The van der Waals surface area contributed by atoms with Gasteiger partial charge in [0.2, 0.25) is 0 Å². The molecule has 0 aromatic carbocycles. The van der Waals surface area contributed by atoms with Crippen LogP contribution in [0.25, 0.3) is 11.0 Å². The predicted octanol–water partition coefficient (Wildman–Crippen LogP) is 1.65. The molecule has 3 heterocycles. The molecule has 1 aliphatic rings. The van der Waals surface area contributed by atoms with Gasteiger partial charge in [-0.15, -0.1) is 0 Å². The van der Waals surface area contributed by atoms with E-state index in [1.165, 1.54) is 16.7 Å². The van der Waals surface area contributed by atoms with Gasteiger partial charge in [-0.1, -0.05) is 11.8 Å². The van der Waals surface area contributed by atoms with E-state index in [4.69, 9.17) is 9.84 Å². The second-order valence-corrected chi connectivity index (χ2v) is 6.89. The highest BCUT2D eigenvalue weighted by atomic mass is 79.9. The fraction of sp³-hybridized carbons (Fsp3) is 0.429. The van der Waals surface area contributed by atoms with Crippen LogP contribution in [-0.4, -0.2) is 62.7 Å². The number of rotatable bonds is 5. The Kier molecular flexibility index (Phi) is 5.07. The highest BCUT2D eigenvalue weighted by Crippen LogP contribution is 2.18. The van der Waals surface area contributed by atoms with Crippen molar-refractivity contribution in [2.75, 3.05) is 26.0 Å². The minimum atomic E-state index is -0.939. The molecular weight excluding hydrogens is 400 g/mol. The van der Waals surface area contributed by atoms with Gasteiger partial charge in [-0.2, -0.15) is 0 Å². The second kappa shape index (κ2) is 7.08. The van der Waals surface area contributed by atoms with Gasteiger partial charge in [0.25, 0.3) is 5.56 Å². The largest absolute Gasteiger partial charge is 0.465 e. The summed E-state index contributed by atoms with van der Waals surface area (Å²) >= 11 is 4.67. The highest BCUT2D eigenvalue weighted by molar-refractivity contribution is 9.10. The number of ether oxygens (including phenoxy) is 1. The smallest absolute Gasteiger partial charge is 0.407 e. The number of nitrogens with zero attached hydrogens (tertiary/aromatic N) is 4. The second-order valence-electron chi connectivity index (χ2n) is 5.27. The van der Waals surface area contributed by atoms with Gasteiger partial charge in [-0.05, 0) is 28.3 Å². The molecular formula is C14H15BrN4O4S. The molecule has 2 aromatic rings. The number of aromatic nitrogens is 3. The number of halogens is 1. The number of likely N-dealkylation sites (tertiary alicyclic amines) is 1. The predicted molar refractivity (Wildman–Crippen MR) is 92.6 cm³/mol. The minimum Gasteiger partial charge on any atom is -0.465 e. The number of fused-ring (bicyclic) bond motifs is 1. The van der Waals surface area contributed by atoms with Crippen molar-refractivity contribution in [1.82, 2.24) is 19.4 Å². The molecule has 2 aromatic heterocycles. The number of carboxylic acid groups (broad SMARTS) is 1. The number of carbonyl (C=O) groups is 1. The molecule has 1 aliphatic heterocycles. The lowest BCUT2D eigenvalue weighted by atomic mass is 10.2. The van der Waals surface area contributed by atoms with Crippen LogP contribution in [0.15, 0.2) is 26.7 Å². The number of thioether (sulfide) groups is 1. The van der Waals surface area contributed by atoms with E-state index in [0.29, 0.717) is 41.5 Å². The molecule has 24 heavy (non-hydrogen) atoms. The molecule has 1 saturated heterocycles. The molecule has 0 saturated carbocycles. The van der Waals surface area contributed by atoms with Crippen LogP contribution in [0.2, 0.25) is 0 Å². The monoisotopic (exact) mass is 414 g/mol. The zero-order chi connectivity index (χ0) is 17.3. The summed E-state index contributed by atoms with van der Waals surface area (Å²) in [5, 5.41) is 10.1. The molecule has 0 bridgehead atoms. The van der Waals surface area contributed by atoms with Crippen LogP contribution < -0.4 is 5.56 Å². The Morgan fingerprint density at radius 2 is 2.29 bits per heavy atom. The Morgan fingerprint density at radius 1 is 1.54 bits per heavy atom. The summed E-state index contributed by atoms with van der Waals surface area (Å²) in [6.07, 6.45) is 2.50. The van der Waals surface area contributed by atoms with Gasteiger partial charge in [-0.25, -0.2) is 14.8 Å². The van der Waals surface area contributed by atoms with Gasteiger partial charge in [0.05, 0.1) is 36.8 Å². The zero-order valence-corrected chi connectivity index (χ0v) is 15.2. The van der Waals surface area contributed by atoms with Gasteiger partial charge < -0.3 is 14.7 Å². The summed E-state index contributed by atoms with van der Waals surface area (Å²) in [5.41, 5.74) is 0.379. The number of hydrogen-bond donors (Lipinski definition) is 1. The molecule has 0 unspecified atom stereocenters. The Bertz CT molecular complexity index is 837. The Balaban J connectivity index is 1.75. The highest BCUT2D eigenvalue weighted by Gasteiger charge is 2.30. The quantitative estimate of drug-likeness (QED) is 0.586. The fourth-order valence-corrected chi connectivity index (χ4v) is 3.22. The molecule has 128 valence electrons. The van der Waals surface area contributed by atoms with Crippen molar-refractivity contribution in [3.63, 3.8) is 0 Å². The molecule has 0 spiro atoms. The summed E-state index contributed by atoms with van der Waals surface area (Å²) in [5.74, 6) is 0. The van der Waals surface area contributed by atoms with Crippen molar-refractivity contribution >= 4 is 44.8 Å². The molecule has 3 rings (SSSR count). The maximum absolute atomic E-state index is 12.4. The zero-order valence-electron chi connectivity index (χ0n) is 12.8. The van der Waals surface area contributed by atoms with Crippen molar-refractivity contribution < 1.29 is 14.6 Å². The van der Waals surface area contributed by atoms with E-state index in [0.717, 1.165) is 5.39 Å². The third-order valence-electron chi connectivity index (χ3n) is 3.73. The minimum absolute atomic E-state index is 0.119. The van der Waals surface area contributed by atoms with Crippen LogP contribution >= 0.6 is 27.7 Å². The first-order chi connectivity index (χ1) is 11.5. The molecule has 0 radical (unpaired) electrons. The van der Waals surface area contributed by atoms with Gasteiger partial charge in [0, 0.05) is 11.6 Å². The lowest BCUT2D eigenvalue weighted by molar-refractivity contribution is -0.0464. The first kappa shape index (κ1) is 17.2. The van der Waals surface area contributed by atoms with Gasteiger partial charge in [-0.3, -0.25) is 9.36 Å².